The fourth-order valence-corrected chi connectivity index (χ4v) is 1.77. The number of nitrogens with zero attached hydrogens (tertiary/aromatic N) is 3. The number of hydrogen-bond donors (Lipinski definition) is 1. The number of H-pyrrole nitrogens is 1. The topological polar surface area (TPSA) is 87.5 Å². The lowest BCUT2D eigenvalue weighted by atomic mass is 10.1. The van der Waals surface area contributed by atoms with Gasteiger partial charge in [-0.25, -0.2) is 4.98 Å². The number of carbonyl (C=O) groups excluding carboxylic acids is 1. The molecule has 0 aliphatic heterocycles. The molecule has 7 heteroatoms. The van der Waals surface area contributed by atoms with Crippen LogP contribution in [0.1, 0.15) is 17.3 Å². The third kappa shape index (κ3) is 3.39. The van der Waals surface area contributed by atoms with Gasteiger partial charge in [0.15, 0.2) is 16.6 Å². The summed E-state index contributed by atoms with van der Waals surface area (Å²) >= 11 is 1.34. The van der Waals surface area contributed by atoms with E-state index in [-0.39, 0.29) is 17.0 Å². The lowest BCUT2D eigenvalue weighted by molar-refractivity contribution is 0.101. The van der Waals surface area contributed by atoms with Crippen LogP contribution >= 0.6 is 11.8 Å². The van der Waals surface area contributed by atoms with E-state index >= 15 is 0 Å². The second-order valence-electron chi connectivity index (χ2n) is 3.91. The van der Waals surface area contributed by atoms with E-state index in [9.17, 15) is 9.59 Å². The predicted molar refractivity (Wildman–Crippen MR) is 77.3 cm³/mol. The monoisotopic (exact) mass is 288 g/mol. The first-order chi connectivity index (χ1) is 9.60. The van der Waals surface area contributed by atoms with Crippen LogP contribution in [0.5, 0.6) is 0 Å². The number of benzene rings is 1. The number of rotatable bonds is 4. The summed E-state index contributed by atoms with van der Waals surface area (Å²) in [5, 5.41) is 8.32. The number of aromatic nitrogens is 2. The molecule has 2 rings (SSSR count). The molecule has 1 N–H and O–H groups in total. The highest BCUT2D eigenvalue weighted by Crippen LogP contribution is 2.16. The smallest absolute Gasteiger partial charge is 0.279 e. The standard InChI is InChI=1S/C13H12N4O2S/c1-8(18)9-3-5-10(6-4-9)16-17-11-7-14-13(20-2)15-12(11)19/h3-7H,1-2H3,(H,14,15,19). The Hall–Kier alpha value is -2.28. The van der Waals surface area contributed by atoms with Crippen molar-refractivity contribution in [2.45, 2.75) is 12.1 Å². The van der Waals surface area contributed by atoms with Crippen LogP contribution < -0.4 is 5.56 Å². The second-order valence-corrected chi connectivity index (χ2v) is 4.70. The van der Waals surface area contributed by atoms with Gasteiger partial charge in [-0.15, -0.1) is 5.11 Å². The second kappa shape index (κ2) is 6.25. The van der Waals surface area contributed by atoms with E-state index in [2.05, 4.69) is 20.2 Å². The number of ketones is 1. The van der Waals surface area contributed by atoms with Crippen molar-refractivity contribution in [3.8, 4) is 0 Å². The number of hydrogen-bond acceptors (Lipinski definition) is 6. The molecule has 0 aliphatic rings. The molecular weight excluding hydrogens is 276 g/mol. The zero-order chi connectivity index (χ0) is 14.5. The Labute approximate surface area is 119 Å². The minimum absolute atomic E-state index is 0.0122. The Morgan fingerprint density at radius 1 is 1.25 bits per heavy atom. The van der Waals surface area contributed by atoms with Crippen LogP contribution in [0.2, 0.25) is 0 Å². The van der Waals surface area contributed by atoms with Crippen molar-refractivity contribution in [3.05, 3.63) is 46.4 Å². The van der Waals surface area contributed by atoms with E-state index in [0.717, 1.165) is 0 Å². The van der Waals surface area contributed by atoms with Crippen molar-refractivity contribution in [2.75, 3.05) is 6.26 Å². The Bertz CT molecular complexity index is 707. The summed E-state index contributed by atoms with van der Waals surface area (Å²) in [5.41, 5.74) is 0.961. The molecule has 0 radical (unpaired) electrons. The Morgan fingerprint density at radius 3 is 2.50 bits per heavy atom. The molecule has 2 aromatic rings. The normalized spacial score (nSPS) is 10.9. The summed E-state index contributed by atoms with van der Waals surface area (Å²) in [5.74, 6) is -0.0122. The van der Waals surface area contributed by atoms with Gasteiger partial charge in [0.1, 0.15) is 0 Å². The lowest BCUT2D eigenvalue weighted by Gasteiger charge is -1.97. The molecule has 0 saturated heterocycles. The van der Waals surface area contributed by atoms with Crippen LogP contribution in [0, 0.1) is 0 Å². The van der Waals surface area contributed by atoms with Gasteiger partial charge >= 0.3 is 0 Å². The summed E-state index contributed by atoms with van der Waals surface area (Å²) in [6.07, 6.45) is 3.19. The van der Waals surface area contributed by atoms with Gasteiger partial charge < -0.3 is 0 Å². The number of azo groups is 1. The number of thioether (sulfide) groups is 1. The van der Waals surface area contributed by atoms with E-state index in [1.165, 1.54) is 24.9 Å². The van der Waals surface area contributed by atoms with Crippen LogP contribution in [0.25, 0.3) is 0 Å². The third-order valence-corrected chi connectivity index (χ3v) is 3.09. The number of aromatic amines is 1. The molecule has 0 atom stereocenters. The van der Waals surface area contributed by atoms with Crippen molar-refractivity contribution in [1.82, 2.24) is 9.97 Å². The Morgan fingerprint density at radius 2 is 1.95 bits per heavy atom. The molecule has 0 saturated carbocycles. The molecule has 0 unspecified atom stereocenters. The van der Waals surface area contributed by atoms with Crippen LogP contribution in [0.15, 0.2) is 50.6 Å². The molecule has 0 fully saturated rings. The van der Waals surface area contributed by atoms with Crippen molar-refractivity contribution < 1.29 is 4.79 Å². The van der Waals surface area contributed by atoms with Crippen LogP contribution in [0.4, 0.5) is 11.4 Å². The maximum Gasteiger partial charge on any atom is 0.279 e. The molecule has 0 aliphatic carbocycles. The van der Waals surface area contributed by atoms with E-state index in [0.29, 0.717) is 16.4 Å². The summed E-state index contributed by atoms with van der Waals surface area (Å²) in [6, 6.07) is 6.65. The minimum Gasteiger partial charge on any atom is -0.300 e. The number of carbonyl (C=O) groups is 1. The lowest BCUT2D eigenvalue weighted by Crippen LogP contribution is -2.06. The molecule has 1 aromatic carbocycles. The zero-order valence-electron chi connectivity index (χ0n) is 11.0. The molecule has 1 heterocycles. The number of Topliss-reactive ketones (excluding diaryl/α,β-unsaturated/α-hetero) is 1. The maximum absolute atomic E-state index is 11.7. The van der Waals surface area contributed by atoms with E-state index in [1.54, 1.807) is 24.3 Å². The summed E-state index contributed by atoms with van der Waals surface area (Å²) in [7, 11) is 0. The summed E-state index contributed by atoms with van der Waals surface area (Å²) in [4.78, 5) is 29.4. The average molecular weight is 288 g/mol. The Balaban J connectivity index is 2.21. The highest BCUT2D eigenvalue weighted by atomic mass is 32.2. The maximum atomic E-state index is 11.7. The van der Waals surface area contributed by atoms with Gasteiger partial charge in [-0.3, -0.25) is 14.6 Å². The fraction of sp³-hybridized carbons (Fsp3) is 0.154. The molecule has 6 nitrogen and oxygen atoms in total. The largest absolute Gasteiger partial charge is 0.300 e. The van der Waals surface area contributed by atoms with E-state index < -0.39 is 0 Å². The highest BCUT2D eigenvalue weighted by Gasteiger charge is 2.01. The Kier molecular flexibility index (Phi) is 4.41. The van der Waals surface area contributed by atoms with Crippen LogP contribution in [-0.4, -0.2) is 22.0 Å². The zero-order valence-corrected chi connectivity index (χ0v) is 11.8. The van der Waals surface area contributed by atoms with Gasteiger partial charge in [0.25, 0.3) is 5.56 Å². The quantitative estimate of drug-likeness (QED) is 0.405. The minimum atomic E-state index is -0.339. The average Bonchev–Trinajstić information content (AvgIpc) is 2.46. The van der Waals surface area contributed by atoms with E-state index in [4.69, 9.17) is 0 Å². The van der Waals surface area contributed by atoms with Gasteiger partial charge in [-0.05, 0) is 37.4 Å². The van der Waals surface area contributed by atoms with Crippen molar-refractivity contribution in [2.24, 2.45) is 10.2 Å². The molecule has 102 valence electrons. The molecule has 0 amide bonds. The number of nitrogens with one attached hydrogen (secondary N) is 1. The van der Waals surface area contributed by atoms with Crippen molar-refractivity contribution in [1.29, 1.82) is 0 Å². The van der Waals surface area contributed by atoms with Gasteiger partial charge in [0, 0.05) is 5.56 Å². The van der Waals surface area contributed by atoms with E-state index in [1.807, 2.05) is 6.26 Å². The fourth-order valence-electron chi connectivity index (χ4n) is 1.42. The van der Waals surface area contributed by atoms with Crippen LogP contribution in [-0.2, 0) is 0 Å². The van der Waals surface area contributed by atoms with Gasteiger partial charge in [0.2, 0.25) is 0 Å². The van der Waals surface area contributed by atoms with Crippen molar-refractivity contribution >= 4 is 28.9 Å². The van der Waals surface area contributed by atoms with Crippen LogP contribution in [0.3, 0.4) is 0 Å². The molecule has 1 aromatic heterocycles. The van der Waals surface area contributed by atoms with Gasteiger partial charge in [-0.2, -0.15) is 5.11 Å². The SMILES string of the molecule is CSc1ncc(N=Nc2ccc(C(C)=O)cc2)c(=O)[nH]1. The predicted octanol–water partition coefficient (Wildman–Crippen LogP) is 3.11. The third-order valence-electron chi connectivity index (χ3n) is 2.50. The molecule has 0 spiro atoms. The first-order valence-electron chi connectivity index (χ1n) is 5.76. The van der Waals surface area contributed by atoms with Gasteiger partial charge in [0.05, 0.1) is 11.9 Å². The van der Waals surface area contributed by atoms with Crippen molar-refractivity contribution in [3.63, 3.8) is 0 Å². The highest BCUT2D eigenvalue weighted by molar-refractivity contribution is 7.98. The first kappa shape index (κ1) is 14.1. The van der Waals surface area contributed by atoms with Gasteiger partial charge in [-0.1, -0.05) is 11.8 Å². The molecule has 0 bridgehead atoms. The summed E-state index contributed by atoms with van der Waals surface area (Å²) < 4.78 is 0. The summed E-state index contributed by atoms with van der Waals surface area (Å²) in [6.45, 7) is 1.50. The first-order valence-corrected chi connectivity index (χ1v) is 6.98. The molecule has 20 heavy (non-hydrogen) atoms. The molecular formula is C13H12N4O2S.